The molecule has 0 amide bonds. The number of hydrogen-bond acceptors (Lipinski definition) is 4. The van der Waals surface area contributed by atoms with Crippen LogP contribution in [0.3, 0.4) is 0 Å². The molecule has 3 nitrogen and oxygen atoms in total. The van der Waals surface area contributed by atoms with Crippen molar-refractivity contribution in [3.8, 4) is 0 Å². The van der Waals surface area contributed by atoms with Crippen LogP contribution in [0.5, 0.6) is 0 Å². The van der Waals surface area contributed by atoms with Gasteiger partial charge in [0.15, 0.2) is 11.6 Å². The zero-order valence-electron chi connectivity index (χ0n) is 8.92. The Morgan fingerprint density at radius 2 is 1.82 bits per heavy atom. The fraction of sp³-hybridized carbons (Fsp3) is 0.200. The number of oxazole rings is 1. The summed E-state index contributed by atoms with van der Waals surface area (Å²) in [7, 11) is 0. The van der Waals surface area contributed by atoms with E-state index in [9.17, 15) is 13.2 Å². The second-order valence-electron chi connectivity index (χ2n) is 3.27. The molecule has 0 radical (unpaired) electrons. The lowest BCUT2D eigenvalue weighted by Gasteiger charge is -1.99. The normalized spacial score (nSPS) is 10.9. The van der Waals surface area contributed by atoms with Gasteiger partial charge in [0.2, 0.25) is 5.95 Å². The third kappa shape index (κ3) is 2.44. The standard InChI is InChI=1S/C10H7F3N2OS/c1-4-5(2)16-10(14-4)17-9-7(12)3-6(11)8(13)15-9/h3H,1-2H3. The van der Waals surface area contributed by atoms with Gasteiger partial charge in [0.05, 0.1) is 5.69 Å². The molecular formula is C10H7F3N2OS. The van der Waals surface area contributed by atoms with E-state index in [0.717, 1.165) is 0 Å². The molecule has 0 aliphatic carbocycles. The van der Waals surface area contributed by atoms with Crippen LogP contribution in [-0.4, -0.2) is 9.97 Å². The second-order valence-corrected chi connectivity index (χ2v) is 4.21. The van der Waals surface area contributed by atoms with Crippen LogP contribution in [0.15, 0.2) is 20.7 Å². The highest BCUT2D eigenvalue weighted by Gasteiger charge is 2.16. The minimum absolute atomic E-state index is 0.136. The van der Waals surface area contributed by atoms with Gasteiger partial charge in [-0.15, -0.1) is 0 Å². The number of halogens is 3. The van der Waals surface area contributed by atoms with Crippen molar-refractivity contribution < 1.29 is 17.6 Å². The van der Waals surface area contributed by atoms with Crippen LogP contribution in [0.4, 0.5) is 13.2 Å². The molecule has 0 unspecified atom stereocenters. The minimum Gasteiger partial charge on any atom is -0.436 e. The van der Waals surface area contributed by atoms with Crippen molar-refractivity contribution in [3.05, 3.63) is 35.1 Å². The van der Waals surface area contributed by atoms with Crippen LogP contribution in [-0.2, 0) is 0 Å². The number of aromatic nitrogens is 2. The third-order valence-corrected chi connectivity index (χ3v) is 2.88. The van der Waals surface area contributed by atoms with E-state index in [4.69, 9.17) is 4.42 Å². The van der Waals surface area contributed by atoms with Gasteiger partial charge in [-0.1, -0.05) is 0 Å². The summed E-state index contributed by atoms with van der Waals surface area (Å²) in [6, 6.07) is 0.438. The Hall–Kier alpha value is -1.50. The predicted molar refractivity (Wildman–Crippen MR) is 54.2 cm³/mol. The lowest BCUT2D eigenvalue weighted by Crippen LogP contribution is -1.95. The first-order valence-electron chi connectivity index (χ1n) is 4.61. The molecule has 2 aromatic rings. The molecule has 0 aliphatic rings. The van der Waals surface area contributed by atoms with Crippen LogP contribution in [0.2, 0.25) is 0 Å². The van der Waals surface area contributed by atoms with Gasteiger partial charge in [-0.3, -0.25) is 0 Å². The quantitative estimate of drug-likeness (QED) is 0.777. The molecule has 0 spiro atoms. The predicted octanol–water partition coefficient (Wildman–Crippen LogP) is 3.25. The first-order valence-corrected chi connectivity index (χ1v) is 5.42. The molecule has 2 rings (SSSR count). The van der Waals surface area contributed by atoms with Crippen molar-refractivity contribution in [1.29, 1.82) is 0 Å². The molecule has 0 saturated carbocycles. The summed E-state index contributed by atoms with van der Waals surface area (Å²) < 4.78 is 43.9. The molecule has 90 valence electrons. The van der Waals surface area contributed by atoms with E-state index in [2.05, 4.69) is 9.97 Å². The van der Waals surface area contributed by atoms with Gasteiger partial charge in [-0.05, 0) is 25.6 Å². The Balaban J connectivity index is 2.33. The van der Waals surface area contributed by atoms with Crippen molar-refractivity contribution in [2.75, 3.05) is 0 Å². The molecule has 2 heterocycles. The van der Waals surface area contributed by atoms with E-state index in [0.29, 0.717) is 29.3 Å². The molecule has 17 heavy (non-hydrogen) atoms. The zero-order chi connectivity index (χ0) is 12.6. The maximum absolute atomic E-state index is 13.3. The van der Waals surface area contributed by atoms with E-state index in [1.165, 1.54) is 0 Å². The molecular weight excluding hydrogens is 253 g/mol. The number of pyridine rings is 1. The van der Waals surface area contributed by atoms with Crippen LogP contribution >= 0.6 is 11.8 Å². The molecule has 0 aliphatic heterocycles. The molecule has 7 heteroatoms. The number of rotatable bonds is 2. The van der Waals surface area contributed by atoms with E-state index < -0.39 is 17.6 Å². The van der Waals surface area contributed by atoms with Crippen molar-refractivity contribution in [2.24, 2.45) is 0 Å². The SMILES string of the molecule is Cc1nc(Sc2nc(F)c(F)cc2F)oc1C. The molecule has 2 aromatic heterocycles. The van der Waals surface area contributed by atoms with Crippen LogP contribution in [0.1, 0.15) is 11.5 Å². The van der Waals surface area contributed by atoms with Gasteiger partial charge in [0, 0.05) is 6.07 Å². The fourth-order valence-corrected chi connectivity index (χ4v) is 1.87. The number of nitrogens with zero attached hydrogens (tertiary/aromatic N) is 2. The summed E-state index contributed by atoms with van der Waals surface area (Å²) >= 11 is 0.702. The summed E-state index contributed by atoms with van der Waals surface area (Å²) in [5.74, 6) is -3.06. The minimum atomic E-state index is -1.35. The first kappa shape index (κ1) is 12.0. The summed E-state index contributed by atoms with van der Waals surface area (Å²) in [4.78, 5) is 7.12. The third-order valence-electron chi connectivity index (χ3n) is 2.05. The Labute approximate surface area is 99.1 Å². The summed E-state index contributed by atoms with van der Waals surface area (Å²) in [6.07, 6.45) is 0. The van der Waals surface area contributed by atoms with Crippen molar-refractivity contribution in [1.82, 2.24) is 9.97 Å². The molecule has 0 N–H and O–H groups in total. The van der Waals surface area contributed by atoms with Crippen molar-refractivity contribution in [2.45, 2.75) is 24.1 Å². The highest BCUT2D eigenvalue weighted by Crippen LogP contribution is 2.29. The highest BCUT2D eigenvalue weighted by molar-refractivity contribution is 7.99. The van der Waals surface area contributed by atoms with Gasteiger partial charge < -0.3 is 4.42 Å². The van der Waals surface area contributed by atoms with Crippen molar-refractivity contribution in [3.63, 3.8) is 0 Å². The Morgan fingerprint density at radius 3 is 2.41 bits per heavy atom. The van der Waals surface area contributed by atoms with Crippen LogP contribution in [0.25, 0.3) is 0 Å². The highest BCUT2D eigenvalue weighted by atomic mass is 32.2. The van der Waals surface area contributed by atoms with Gasteiger partial charge in [0.25, 0.3) is 5.22 Å². The Morgan fingerprint density at radius 1 is 1.12 bits per heavy atom. The largest absolute Gasteiger partial charge is 0.436 e. The average molecular weight is 260 g/mol. The topological polar surface area (TPSA) is 38.9 Å². The maximum atomic E-state index is 13.3. The second kappa shape index (κ2) is 4.40. The number of aryl methyl sites for hydroxylation is 2. The lowest BCUT2D eigenvalue weighted by atomic mass is 10.4. The Bertz CT molecular complexity index is 551. The summed E-state index contributed by atoms with van der Waals surface area (Å²) in [5.41, 5.74) is 0.649. The fourth-order valence-electron chi connectivity index (χ4n) is 1.07. The van der Waals surface area contributed by atoms with Gasteiger partial charge >= 0.3 is 0 Å². The van der Waals surface area contributed by atoms with Gasteiger partial charge in [0.1, 0.15) is 10.8 Å². The lowest BCUT2D eigenvalue weighted by molar-refractivity contribution is 0.426. The van der Waals surface area contributed by atoms with E-state index in [1.54, 1.807) is 13.8 Å². The maximum Gasteiger partial charge on any atom is 0.262 e. The van der Waals surface area contributed by atoms with E-state index >= 15 is 0 Å². The van der Waals surface area contributed by atoms with Crippen LogP contribution < -0.4 is 0 Å². The first-order chi connectivity index (χ1) is 7.97. The smallest absolute Gasteiger partial charge is 0.262 e. The molecule has 0 saturated heterocycles. The zero-order valence-corrected chi connectivity index (χ0v) is 9.74. The molecule has 0 atom stereocenters. The average Bonchev–Trinajstić information content (AvgIpc) is 2.55. The van der Waals surface area contributed by atoms with Gasteiger partial charge in [-0.25, -0.2) is 18.7 Å². The summed E-state index contributed by atoms with van der Waals surface area (Å²) in [6.45, 7) is 3.42. The Kier molecular flexibility index (Phi) is 3.10. The van der Waals surface area contributed by atoms with Crippen molar-refractivity contribution >= 4 is 11.8 Å². The molecule has 0 fully saturated rings. The van der Waals surface area contributed by atoms with Gasteiger partial charge in [-0.2, -0.15) is 4.39 Å². The molecule has 0 aromatic carbocycles. The molecule has 0 bridgehead atoms. The van der Waals surface area contributed by atoms with E-state index in [1.807, 2.05) is 0 Å². The van der Waals surface area contributed by atoms with E-state index in [-0.39, 0.29) is 10.2 Å². The number of hydrogen-bond donors (Lipinski definition) is 0. The van der Waals surface area contributed by atoms with Crippen LogP contribution in [0, 0.1) is 31.4 Å². The summed E-state index contributed by atoms with van der Waals surface area (Å²) in [5, 5.41) is -0.178. The monoisotopic (exact) mass is 260 g/mol.